The van der Waals surface area contributed by atoms with Crippen LogP contribution in [0.1, 0.15) is 15.9 Å². The van der Waals surface area contributed by atoms with Crippen LogP contribution in [-0.2, 0) is 6.42 Å². The molecule has 0 aliphatic carbocycles. The van der Waals surface area contributed by atoms with Crippen molar-refractivity contribution >= 4 is 5.91 Å². The zero-order valence-electron chi connectivity index (χ0n) is 11.3. The second-order valence-corrected chi connectivity index (χ2v) is 4.68. The summed E-state index contributed by atoms with van der Waals surface area (Å²) in [6.45, 7) is -0.282. The third-order valence-electron chi connectivity index (χ3n) is 3.10. The van der Waals surface area contributed by atoms with Gasteiger partial charge in [-0.2, -0.15) is 0 Å². The Labute approximate surface area is 121 Å². The lowest BCUT2D eigenvalue weighted by Gasteiger charge is -2.17. The van der Waals surface area contributed by atoms with Crippen molar-refractivity contribution in [1.29, 1.82) is 0 Å². The van der Waals surface area contributed by atoms with E-state index in [-0.39, 0.29) is 6.61 Å². The second-order valence-electron chi connectivity index (χ2n) is 4.68. The van der Waals surface area contributed by atoms with Crippen molar-refractivity contribution < 1.29 is 19.4 Å². The number of amides is 1. The molecule has 1 amide bonds. The number of rotatable bonds is 5. The van der Waals surface area contributed by atoms with Gasteiger partial charge in [0.25, 0.3) is 5.91 Å². The Morgan fingerprint density at radius 2 is 1.86 bits per heavy atom. The van der Waals surface area contributed by atoms with Gasteiger partial charge in [-0.15, -0.1) is 0 Å². The Kier molecular flexibility index (Phi) is 4.90. The van der Waals surface area contributed by atoms with Crippen LogP contribution in [0.15, 0.2) is 48.5 Å². The molecule has 0 aliphatic rings. The summed E-state index contributed by atoms with van der Waals surface area (Å²) in [4.78, 5) is 12.0. The first-order chi connectivity index (χ1) is 10.1. The maximum absolute atomic E-state index is 13.6. The van der Waals surface area contributed by atoms with E-state index in [4.69, 9.17) is 0 Å². The number of benzene rings is 2. The highest BCUT2D eigenvalue weighted by Crippen LogP contribution is 2.19. The molecule has 2 rings (SSSR count). The van der Waals surface area contributed by atoms with Crippen LogP contribution in [0.5, 0.6) is 5.75 Å². The molecule has 21 heavy (non-hydrogen) atoms. The van der Waals surface area contributed by atoms with Gasteiger partial charge in [0, 0.05) is 0 Å². The molecule has 0 bridgehead atoms. The minimum absolute atomic E-state index is 0.282. The van der Waals surface area contributed by atoms with Crippen molar-refractivity contribution in [3.63, 3.8) is 0 Å². The van der Waals surface area contributed by atoms with Gasteiger partial charge in [-0.25, -0.2) is 4.39 Å². The van der Waals surface area contributed by atoms with Crippen molar-refractivity contribution in [2.45, 2.75) is 12.5 Å². The number of carbonyl (C=O) groups excluding carboxylic acids is 1. The van der Waals surface area contributed by atoms with Gasteiger partial charge in [-0.3, -0.25) is 4.79 Å². The van der Waals surface area contributed by atoms with Crippen molar-refractivity contribution in [2.75, 3.05) is 6.61 Å². The lowest BCUT2D eigenvalue weighted by atomic mass is 10.1. The number of aliphatic hydroxyl groups excluding tert-OH is 1. The molecule has 0 unspecified atom stereocenters. The number of phenols is 1. The van der Waals surface area contributed by atoms with Gasteiger partial charge in [-0.1, -0.05) is 36.4 Å². The molecule has 3 N–H and O–H groups in total. The van der Waals surface area contributed by atoms with Crippen LogP contribution in [0, 0.1) is 5.82 Å². The molecule has 0 aliphatic heterocycles. The van der Waals surface area contributed by atoms with E-state index in [0.29, 0.717) is 6.42 Å². The highest BCUT2D eigenvalue weighted by atomic mass is 19.1. The molecule has 0 saturated heterocycles. The number of phenolic OH excluding ortho intramolecular Hbond substituents is 1. The SMILES string of the molecule is O=C(N[C@H](CO)Cc1ccccc1)c1c(O)cccc1F. The Morgan fingerprint density at radius 3 is 2.48 bits per heavy atom. The van der Waals surface area contributed by atoms with E-state index < -0.39 is 29.1 Å². The quantitative estimate of drug-likeness (QED) is 0.787. The lowest BCUT2D eigenvalue weighted by molar-refractivity contribution is 0.0909. The normalized spacial score (nSPS) is 11.9. The fraction of sp³-hybridized carbons (Fsp3) is 0.188. The van der Waals surface area contributed by atoms with Crippen molar-refractivity contribution in [3.05, 3.63) is 65.5 Å². The fourth-order valence-corrected chi connectivity index (χ4v) is 2.05. The van der Waals surface area contributed by atoms with E-state index in [2.05, 4.69) is 5.32 Å². The number of aliphatic hydroxyl groups is 1. The van der Waals surface area contributed by atoms with E-state index in [1.165, 1.54) is 12.1 Å². The molecule has 5 heteroatoms. The van der Waals surface area contributed by atoms with Crippen LogP contribution < -0.4 is 5.32 Å². The number of hydrogen-bond acceptors (Lipinski definition) is 3. The Balaban J connectivity index is 2.10. The third-order valence-corrected chi connectivity index (χ3v) is 3.10. The predicted octanol–water partition coefficient (Wildman–Crippen LogP) is 1.86. The van der Waals surface area contributed by atoms with Gasteiger partial charge >= 0.3 is 0 Å². The minimum Gasteiger partial charge on any atom is -0.507 e. The highest BCUT2D eigenvalue weighted by molar-refractivity contribution is 5.97. The first kappa shape index (κ1) is 15.0. The van der Waals surface area contributed by atoms with E-state index in [1.54, 1.807) is 0 Å². The van der Waals surface area contributed by atoms with Crippen molar-refractivity contribution in [2.24, 2.45) is 0 Å². The highest BCUT2D eigenvalue weighted by Gasteiger charge is 2.19. The Bertz CT molecular complexity index is 596. The monoisotopic (exact) mass is 289 g/mol. The molecule has 0 heterocycles. The summed E-state index contributed by atoms with van der Waals surface area (Å²) >= 11 is 0. The molecule has 1 atom stereocenters. The molecule has 2 aromatic carbocycles. The van der Waals surface area contributed by atoms with Gasteiger partial charge in [-0.05, 0) is 24.1 Å². The summed E-state index contributed by atoms with van der Waals surface area (Å²) < 4.78 is 13.6. The molecule has 0 spiro atoms. The van der Waals surface area contributed by atoms with Crippen LogP contribution >= 0.6 is 0 Å². The van der Waals surface area contributed by atoms with Gasteiger partial charge in [0.2, 0.25) is 0 Å². The number of halogens is 1. The van der Waals surface area contributed by atoms with E-state index in [9.17, 15) is 19.4 Å². The first-order valence-electron chi connectivity index (χ1n) is 6.55. The zero-order valence-corrected chi connectivity index (χ0v) is 11.3. The Hall–Kier alpha value is -2.40. The maximum atomic E-state index is 13.6. The smallest absolute Gasteiger partial charge is 0.258 e. The van der Waals surface area contributed by atoms with Gasteiger partial charge in [0.1, 0.15) is 17.1 Å². The fourth-order valence-electron chi connectivity index (χ4n) is 2.05. The van der Waals surface area contributed by atoms with Crippen LogP contribution in [0.25, 0.3) is 0 Å². The topological polar surface area (TPSA) is 69.6 Å². The maximum Gasteiger partial charge on any atom is 0.258 e. The predicted molar refractivity (Wildman–Crippen MR) is 76.6 cm³/mol. The van der Waals surface area contributed by atoms with Crippen molar-refractivity contribution in [1.82, 2.24) is 5.32 Å². The van der Waals surface area contributed by atoms with Crippen LogP contribution in [-0.4, -0.2) is 28.8 Å². The molecule has 0 aromatic heterocycles. The molecular weight excluding hydrogens is 273 g/mol. The summed E-state index contributed by atoms with van der Waals surface area (Å²) in [7, 11) is 0. The van der Waals surface area contributed by atoms with E-state index in [0.717, 1.165) is 11.6 Å². The van der Waals surface area contributed by atoms with Gasteiger partial charge in [0.05, 0.1) is 12.6 Å². The van der Waals surface area contributed by atoms with Gasteiger partial charge < -0.3 is 15.5 Å². The molecule has 0 fully saturated rings. The summed E-state index contributed by atoms with van der Waals surface area (Å²) in [6.07, 6.45) is 0.415. The third kappa shape index (κ3) is 3.79. The standard InChI is InChI=1S/C16H16FNO3/c17-13-7-4-8-14(20)15(13)16(21)18-12(10-19)9-11-5-2-1-3-6-11/h1-8,12,19-20H,9-10H2,(H,18,21)/t12-/m0/s1. The largest absolute Gasteiger partial charge is 0.507 e. The summed E-state index contributed by atoms with van der Waals surface area (Å²) in [5, 5.41) is 21.4. The number of hydrogen-bond donors (Lipinski definition) is 3. The number of nitrogens with one attached hydrogen (secondary N) is 1. The van der Waals surface area contributed by atoms with Crippen LogP contribution in [0.3, 0.4) is 0 Å². The lowest BCUT2D eigenvalue weighted by Crippen LogP contribution is -2.39. The molecular formula is C16H16FNO3. The molecule has 4 nitrogen and oxygen atoms in total. The number of aromatic hydroxyl groups is 1. The van der Waals surface area contributed by atoms with Crippen molar-refractivity contribution in [3.8, 4) is 5.75 Å². The van der Waals surface area contributed by atoms with Gasteiger partial charge in [0.15, 0.2) is 0 Å². The summed E-state index contributed by atoms with van der Waals surface area (Å²) in [6, 6.07) is 12.4. The summed E-state index contributed by atoms with van der Waals surface area (Å²) in [5.74, 6) is -1.98. The number of carbonyl (C=O) groups is 1. The summed E-state index contributed by atoms with van der Waals surface area (Å²) in [5.41, 5.74) is 0.526. The average molecular weight is 289 g/mol. The molecule has 0 saturated carbocycles. The molecule has 2 aromatic rings. The zero-order chi connectivity index (χ0) is 15.2. The first-order valence-corrected chi connectivity index (χ1v) is 6.55. The molecule has 110 valence electrons. The van der Waals surface area contributed by atoms with Crippen LogP contribution in [0.4, 0.5) is 4.39 Å². The second kappa shape index (κ2) is 6.85. The Morgan fingerprint density at radius 1 is 1.14 bits per heavy atom. The minimum atomic E-state index is -0.802. The average Bonchev–Trinajstić information content (AvgIpc) is 2.47. The van der Waals surface area contributed by atoms with Crippen LogP contribution in [0.2, 0.25) is 0 Å². The van der Waals surface area contributed by atoms with E-state index >= 15 is 0 Å². The molecule has 0 radical (unpaired) electrons. The van der Waals surface area contributed by atoms with E-state index in [1.807, 2.05) is 30.3 Å².